The number of esters is 1. The van der Waals surface area contributed by atoms with Gasteiger partial charge in [0.15, 0.2) is 0 Å². The van der Waals surface area contributed by atoms with Crippen LogP contribution in [0.2, 0.25) is 0 Å². The maximum atomic E-state index is 10.4. The first kappa shape index (κ1) is 8.39. The number of hydrogen-bond acceptors (Lipinski definition) is 4. The van der Waals surface area contributed by atoms with E-state index in [0.29, 0.717) is 6.54 Å². The first-order chi connectivity index (χ1) is 4.31. The van der Waals surface area contributed by atoms with Crippen molar-refractivity contribution in [3.8, 4) is 0 Å². The summed E-state index contributed by atoms with van der Waals surface area (Å²) in [7, 11) is 0. The first-order valence-electron chi connectivity index (χ1n) is 2.77. The largest absolute Gasteiger partial charge is 0.464 e. The Morgan fingerprint density at radius 2 is 2.33 bits per heavy atom. The minimum absolute atomic E-state index is 0.0556. The van der Waals surface area contributed by atoms with Gasteiger partial charge in [0, 0.05) is 6.54 Å². The lowest BCUT2D eigenvalue weighted by atomic mass is 10.5. The third kappa shape index (κ3) is 5.26. The molecule has 9 heavy (non-hydrogen) atoms. The fraction of sp³-hybridized carbons (Fsp3) is 0.800. The van der Waals surface area contributed by atoms with Gasteiger partial charge >= 0.3 is 5.97 Å². The molecule has 0 saturated heterocycles. The van der Waals surface area contributed by atoms with Crippen LogP contribution >= 0.6 is 0 Å². The van der Waals surface area contributed by atoms with E-state index in [9.17, 15) is 4.79 Å². The van der Waals surface area contributed by atoms with Crippen LogP contribution in [-0.4, -0.2) is 30.8 Å². The van der Waals surface area contributed by atoms with E-state index in [4.69, 9.17) is 10.8 Å². The second-order valence-electron chi connectivity index (χ2n) is 1.48. The van der Waals surface area contributed by atoms with Crippen LogP contribution in [0.1, 0.15) is 6.42 Å². The topological polar surface area (TPSA) is 72.5 Å². The lowest BCUT2D eigenvalue weighted by molar-refractivity contribution is -0.144. The molecule has 0 aromatic rings. The summed E-state index contributed by atoms with van der Waals surface area (Å²) in [4.78, 5) is 10.4. The number of ether oxygens (including phenoxy) is 1. The lowest BCUT2D eigenvalue weighted by Gasteiger charge is -1.98. The quantitative estimate of drug-likeness (QED) is 0.476. The Morgan fingerprint density at radius 3 is 2.78 bits per heavy atom. The van der Waals surface area contributed by atoms with Gasteiger partial charge in [-0.1, -0.05) is 0 Å². The van der Waals surface area contributed by atoms with Crippen molar-refractivity contribution >= 4 is 5.97 Å². The smallest absolute Gasteiger partial charge is 0.308 e. The van der Waals surface area contributed by atoms with Crippen molar-refractivity contribution in [3.05, 3.63) is 0 Å². The van der Waals surface area contributed by atoms with Crippen molar-refractivity contribution < 1.29 is 14.6 Å². The van der Waals surface area contributed by atoms with Crippen LogP contribution in [0.4, 0.5) is 0 Å². The normalized spacial score (nSPS) is 9.11. The number of nitrogens with two attached hydrogens (primary N) is 1. The summed E-state index contributed by atoms with van der Waals surface area (Å²) in [6, 6.07) is 0. The molecular weight excluding hydrogens is 122 g/mol. The second kappa shape index (κ2) is 5.53. The van der Waals surface area contributed by atoms with Gasteiger partial charge in [-0.25, -0.2) is 0 Å². The zero-order valence-electron chi connectivity index (χ0n) is 5.17. The Bertz CT molecular complexity index is 84.3. The summed E-state index contributed by atoms with van der Waals surface area (Å²) >= 11 is 0. The summed E-state index contributed by atoms with van der Waals surface area (Å²) in [6.07, 6.45) is 0.0556. The van der Waals surface area contributed by atoms with Crippen molar-refractivity contribution in [2.45, 2.75) is 6.42 Å². The van der Waals surface area contributed by atoms with Crippen LogP contribution < -0.4 is 5.73 Å². The summed E-state index contributed by atoms with van der Waals surface area (Å²) < 4.78 is 4.51. The molecule has 0 heterocycles. The van der Waals surface area contributed by atoms with Gasteiger partial charge in [-0.2, -0.15) is 0 Å². The molecule has 0 amide bonds. The number of aliphatic hydroxyl groups is 1. The van der Waals surface area contributed by atoms with E-state index in [1.165, 1.54) is 0 Å². The Hall–Kier alpha value is -0.610. The molecule has 0 spiro atoms. The monoisotopic (exact) mass is 133 g/mol. The predicted molar refractivity (Wildman–Crippen MR) is 31.7 cm³/mol. The van der Waals surface area contributed by atoms with Crippen molar-refractivity contribution in [1.29, 1.82) is 0 Å². The molecule has 3 N–H and O–H groups in total. The van der Waals surface area contributed by atoms with E-state index in [2.05, 4.69) is 4.74 Å². The molecule has 4 heteroatoms. The Balaban J connectivity index is 3.06. The molecule has 0 aromatic carbocycles. The van der Waals surface area contributed by atoms with Gasteiger partial charge in [-0.15, -0.1) is 0 Å². The zero-order valence-corrected chi connectivity index (χ0v) is 5.17. The Morgan fingerprint density at radius 1 is 1.67 bits per heavy atom. The number of hydrogen-bond donors (Lipinski definition) is 2. The number of carbonyl (C=O) groups excluding carboxylic acids is 1. The molecule has 4 nitrogen and oxygen atoms in total. The molecule has 0 unspecified atom stereocenters. The second-order valence-corrected chi connectivity index (χ2v) is 1.48. The predicted octanol–water partition coefficient (Wildman–Crippen LogP) is -1.13. The van der Waals surface area contributed by atoms with E-state index in [0.717, 1.165) is 0 Å². The van der Waals surface area contributed by atoms with Crippen LogP contribution in [-0.2, 0) is 9.53 Å². The fourth-order valence-electron chi connectivity index (χ4n) is 0.336. The third-order valence-electron chi connectivity index (χ3n) is 0.697. The molecule has 0 radical (unpaired) electrons. The Labute approximate surface area is 53.6 Å². The van der Waals surface area contributed by atoms with Crippen LogP contribution in [0.5, 0.6) is 0 Å². The van der Waals surface area contributed by atoms with E-state index < -0.39 is 5.97 Å². The van der Waals surface area contributed by atoms with Crippen LogP contribution in [0.15, 0.2) is 0 Å². The molecule has 0 aromatic heterocycles. The highest BCUT2D eigenvalue weighted by Gasteiger charge is 1.97. The molecule has 0 aliphatic carbocycles. The highest BCUT2D eigenvalue weighted by Crippen LogP contribution is 1.82. The molecule has 0 rings (SSSR count). The minimum atomic E-state index is -0.400. The summed E-state index contributed by atoms with van der Waals surface area (Å²) in [5, 5.41) is 8.20. The highest BCUT2D eigenvalue weighted by molar-refractivity contribution is 5.69. The number of carbonyl (C=O) groups is 1. The lowest BCUT2D eigenvalue weighted by Crippen LogP contribution is -2.14. The third-order valence-corrected chi connectivity index (χ3v) is 0.697. The van der Waals surface area contributed by atoms with Gasteiger partial charge in [0.2, 0.25) is 0 Å². The van der Waals surface area contributed by atoms with E-state index >= 15 is 0 Å². The molecule has 0 bridgehead atoms. The minimum Gasteiger partial charge on any atom is -0.464 e. The van der Waals surface area contributed by atoms with Crippen molar-refractivity contribution in [2.75, 3.05) is 19.8 Å². The van der Waals surface area contributed by atoms with Gasteiger partial charge in [0.1, 0.15) is 6.61 Å². The molecule has 54 valence electrons. The van der Waals surface area contributed by atoms with Gasteiger partial charge in [0.25, 0.3) is 0 Å². The highest BCUT2D eigenvalue weighted by atomic mass is 16.5. The van der Waals surface area contributed by atoms with E-state index in [-0.39, 0.29) is 19.6 Å². The standard InChI is InChI=1S/C5H11NO3/c6-2-4-9-5(8)1-3-7/h7H,1-4,6H2. The SMILES string of the molecule is NCCOC(=O)CCO. The maximum Gasteiger partial charge on any atom is 0.308 e. The Kier molecular flexibility index (Phi) is 5.15. The molecular formula is C5H11NO3. The molecule has 0 atom stereocenters. The van der Waals surface area contributed by atoms with Gasteiger partial charge in [-0.3, -0.25) is 4.79 Å². The van der Waals surface area contributed by atoms with Crippen LogP contribution in [0, 0.1) is 0 Å². The summed E-state index contributed by atoms with van der Waals surface area (Å²) in [5.41, 5.74) is 5.03. The van der Waals surface area contributed by atoms with Crippen molar-refractivity contribution in [3.63, 3.8) is 0 Å². The van der Waals surface area contributed by atoms with Gasteiger partial charge < -0.3 is 15.6 Å². The van der Waals surface area contributed by atoms with E-state index in [1.807, 2.05) is 0 Å². The summed E-state index contributed by atoms with van der Waals surface area (Å²) in [5.74, 6) is -0.400. The fourth-order valence-corrected chi connectivity index (χ4v) is 0.336. The van der Waals surface area contributed by atoms with Gasteiger partial charge in [0.05, 0.1) is 13.0 Å². The van der Waals surface area contributed by atoms with Gasteiger partial charge in [-0.05, 0) is 0 Å². The molecule has 0 aliphatic heterocycles. The average molecular weight is 133 g/mol. The van der Waals surface area contributed by atoms with E-state index in [1.54, 1.807) is 0 Å². The first-order valence-corrected chi connectivity index (χ1v) is 2.77. The number of rotatable bonds is 4. The summed E-state index contributed by atoms with van der Waals surface area (Å²) in [6.45, 7) is 0.402. The maximum absolute atomic E-state index is 10.4. The molecule has 0 fully saturated rings. The molecule has 0 aliphatic rings. The van der Waals surface area contributed by atoms with Crippen molar-refractivity contribution in [2.24, 2.45) is 5.73 Å². The average Bonchev–Trinajstić information content (AvgIpc) is 1.85. The number of aliphatic hydroxyl groups excluding tert-OH is 1. The van der Waals surface area contributed by atoms with Crippen LogP contribution in [0.3, 0.4) is 0 Å². The molecule has 0 saturated carbocycles. The zero-order chi connectivity index (χ0) is 7.11. The van der Waals surface area contributed by atoms with Crippen LogP contribution in [0.25, 0.3) is 0 Å². The van der Waals surface area contributed by atoms with Crippen molar-refractivity contribution in [1.82, 2.24) is 0 Å².